The number of amides is 1. The van der Waals surface area contributed by atoms with Crippen LogP contribution in [0.1, 0.15) is 18.4 Å². The number of aromatic nitrogens is 2. The first-order valence-corrected chi connectivity index (χ1v) is 8.58. The molecule has 1 saturated heterocycles. The Morgan fingerprint density at radius 2 is 1.92 bits per heavy atom. The zero-order valence-electron chi connectivity index (χ0n) is 14.6. The maximum Gasteiger partial charge on any atom is 0.248 e. The van der Waals surface area contributed by atoms with Crippen LogP contribution in [-0.4, -0.2) is 59.0 Å². The predicted molar refractivity (Wildman–Crippen MR) is 94.7 cm³/mol. The van der Waals surface area contributed by atoms with Crippen LogP contribution in [0.3, 0.4) is 0 Å². The van der Waals surface area contributed by atoms with Crippen molar-refractivity contribution in [3.8, 4) is 0 Å². The van der Waals surface area contributed by atoms with Crippen molar-refractivity contribution in [2.24, 2.45) is 0 Å². The highest BCUT2D eigenvalue weighted by Crippen LogP contribution is 2.32. The van der Waals surface area contributed by atoms with Crippen LogP contribution in [0, 0.1) is 0 Å². The van der Waals surface area contributed by atoms with Crippen LogP contribution in [0.25, 0.3) is 0 Å². The van der Waals surface area contributed by atoms with Crippen molar-refractivity contribution in [1.29, 1.82) is 0 Å². The average Bonchev–Trinajstić information content (AvgIpc) is 3.16. The lowest BCUT2D eigenvalue weighted by molar-refractivity contribution is -0.141. The van der Waals surface area contributed by atoms with Crippen molar-refractivity contribution in [2.75, 3.05) is 33.7 Å². The van der Waals surface area contributed by atoms with E-state index >= 15 is 0 Å². The zero-order valence-corrected chi connectivity index (χ0v) is 14.6. The number of piperidine rings is 1. The Balaban J connectivity index is 1.65. The molecule has 2 heterocycles. The first-order chi connectivity index (χ1) is 11.6. The Morgan fingerprint density at radius 3 is 2.50 bits per heavy atom. The Labute approximate surface area is 143 Å². The second-order valence-electron chi connectivity index (χ2n) is 6.78. The van der Waals surface area contributed by atoms with E-state index in [0.29, 0.717) is 0 Å². The molecular formula is C19H26N4O. The molecule has 0 saturated carbocycles. The normalized spacial score (nSPS) is 17.6. The van der Waals surface area contributed by atoms with Crippen LogP contribution in [0.15, 0.2) is 49.1 Å². The summed E-state index contributed by atoms with van der Waals surface area (Å²) in [6.07, 6.45) is 8.17. The van der Waals surface area contributed by atoms with Crippen LogP contribution in [0.5, 0.6) is 0 Å². The van der Waals surface area contributed by atoms with Gasteiger partial charge in [-0.05, 0) is 24.8 Å². The summed E-state index contributed by atoms with van der Waals surface area (Å²) in [4.78, 5) is 21.2. The fourth-order valence-electron chi connectivity index (χ4n) is 3.59. The molecular weight excluding hydrogens is 300 g/mol. The zero-order chi connectivity index (χ0) is 17.0. The molecule has 1 amide bonds. The largest absolute Gasteiger partial charge is 0.347 e. The Kier molecular flexibility index (Phi) is 5.00. The summed E-state index contributed by atoms with van der Waals surface area (Å²) in [7, 11) is 3.67. The number of likely N-dealkylation sites (N-methyl/N-ethyl adjacent to an activating group) is 1. The van der Waals surface area contributed by atoms with E-state index in [2.05, 4.69) is 40.2 Å². The summed E-state index contributed by atoms with van der Waals surface area (Å²) in [6, 6.07) is 10.6. The maximum absolute atomic E-state index is 12.9. The third-order valence-corrected chi connectivity index (χ3v) is 5.05. The van der Waals surface area contributed by atoms with E-state index in [9.17, 15) is 4.79 Å². The van der Waals surface area contributed by atoms with Gasteiger partial charge < -0.3 is 14.4 Å². The molecule has 2 aromatic rings. The van der Waals surface area contributed by atoms with Gasteiger partial charge in [0.25, 0.3) is 0 Å². The molecule has 0 N–H and O–H groups in total. The number of nitrogens with zero attached hydrogens (tertiary/aromatic N) is 4. The summed E-state index contributed by atoms with van der Waals surface area (Å²) < 4.78 is 2.00. The molecule has 0 bridgehead atoms. The van der Waals surface area contributed by atoms with Crippen molar-refractivity contribution >= 4 is 5.91 Å². The highest BCUT2D eigenvalue weighted by Gasteiger charge is 2.43. The summed E-state index contributed by atoms with van der Waals surface area (Å²) >= 11 is 0. The number of carbonyl (C=O) groups excluding carboxylic acids is 1. The Morgan fingerprint density at radius 1 is 1.21 bits per heavy atom. The lowest BCUT2D eigenvalue weighted by Crippen LogP contribution is -2.54. The molecule has 0 atom stereocenters. The van der Waals surface area contributed by atoms with Crippen molar-refractivity contribution in [2.45, 2.75) is 24.8 Å². The number of likely N-dealkylation sites (tertiary alicyclic amines) is 1. The molecule has 1 aliphatic heterocycles. The molecule has 128 valence electrons. The smallest absolute Gasteiger partial charge is 0.248 e. The van der Waals surface area contributed by atoms with Gasteiger partial charge in [-0.25, -0.2) is 4.98 Å². The highest BCUT2D eigenvalue weighted by atomic mass is 16.2. The molecule has 0 aliphatic carbocycles. The summed E-state index contributed by atoms with van der Waals surface area (Å²) in [6.45, 7) is 2.91. The number of rotatable bonds is 5. The topological polar surface area (TPSA) is 41.4 Å². The number of hydrogen-bond donors (Lipinski definition) is 0. The van der Waals surface area contributed by atoms with Crippen molar-refractivity contribution < 1.29 is 4.79 Å². The standard InChI is InChI=1S/C19H26N4O/c1-21(2)18(24)19(23-15-11-20-16-23)9-13-22(14-10-19)12-8-17-6-4-3-5-7-17/h3-7,11,15-16H,8-10,12-14H2,1-2H3. The minimum Gasteiger partial charge on any atom is -0.347 e. The molecule has 24 heavy (non-hydrogen) atoms. The molecule has 0 unspecified atom stereocenters. The minimum absolute atomic E-state index is 0.170. The fraction of sp³-hybridized carbons (Fsp3) is 0.474. The van der Waals surface area contributed by atoms with Gasteiger partial charge >= 0.3 is 0 Å². The quantitative estimate of drug-likeness (QED) is 0.844. The third-order valence-electron chi connectivity index (χ3n) is 5.05. The summed E-state index contributed by atoms with van der Waals surface area (Å²) in [5.41, 5.74) is 0.886. The molecule has 1 aliphatic rings. The molecule has 0 spiro atoms. The summed E-state index contributed by atoms with van der Waals surface area (Å²) in [5, 5.41) is 0. The van der Waals surface area contributed by atoms with Crippen LogP contribution >= 0.6 is 0 Å². The van der Waals surface area contributed by atoms with Gasteiger partial charge in [0.15, 0.2) is 0 Å². The third kappa shape index (κ3) is 3.36. The Bertz CT molecular complexity index is 643. The van der Waals surface area contributed by atoms with E-state index in [1.165, 1.54) is 5.56 Å². The van der Waals surface area contributed by atoms with E-state index in [0.717, 1.165) is 38.9 Å². The average molecular weight is 326 g/mol. The van der Waals surface area contributed by atoms with E-state index in [1.54, 1.807) is 17.4 Å². The van der Waals surface area contributed by atoms with Crippen LogP contribution in [0.4, 0.5) is 0 Å². The van der Waals surface area contributed by atoms with Gasteiger partial charge in [0.2, 0.25) is 5.91 Å². The van der Waals surface area contributed by atoms with Crippen LogP contribution in [-0.2, 0) is 16.8 Å². The second kappa shape index (κ2) is 7.18. The minimum atomic E-state index is -0.483. The lowest BCUT2D eigenvalue weighted by atomic mass is 9.85. The number of hydrogen-bond acceptors (Lipinski definition) is 3. The molecule has 0 radical (unpaired) electrons. The fourth-order valence-corrected chi connectivity index (χ4v) is 3.59. The first-order valence-electron chi connectivity index (χ1n) is 8.58. The SMILES string of the molecule is CN(C)C(=O)C1(n2ccnc2)CCN(CCc2ccccc2)CC1. The van der Waals surface area contributed by atoms with Gasteiger partial charge in [-0.3, -0.25) is 4.79 Å². The molecule has 5 heteroatoms. The van der Waals surface area contributed by atoms with Gasteiger partial charge in [-0.2, -0.15) is 0 Å². The molecule has 1 aromatic carbocycles. The molecule has 1 aromatic heterocycles. The van der Waals surface area contributed by atoms with Crippen molar-refractivity contribution in [1.82, 2.24) is 19.4 Å². The second-order valence-corrected chi connectivity index (χ2v) is 6.78. The van der Waals surface area contributed by atoms with Crippen LogP contribution in [0.2, 0.25) is 0 Å². The van der Waals surface area contributed by atoms with Crippen molar-refractivity contribution in [3.63, 3.8) is 0 Å². The van der Waals surface area contributed by atoms with Gasteiger partial charge in [0.05, 0.1) is 6.33 Å². The number of imidazole rings is 1. The monoisotopic (exact) mass is 326 g/mol. The lowest BCUT2D eigenvalue weighted by Gasteiger charge is -2.42. The molecule has 1 fully saturated rings. The molecule has 5 nitrogen and oxygen atoms in total. The number of carbonyl (C=O) groups is 1. The van der Waals surface area contributed by atoms with Crippen LogP contribution < -0.4 is 0 Å². The van der Waals surface area contributed by atoms with Gasteiger partial charge in [0, 0.05) is 46.1 Å². The van der Waals surface area contributed by atoms with E-state index < -0.39 is 5.54 Å². The van der Waals surface area contributed by atoms with Gasteiger partial charge in [-0.1, -0.05) is 30.3 Å². The maximum atomic E-state index is 12.9. The highest BCUT2D eigenvalue weighted by molar-refractivity contribution is 5.84. The van der Waals surface area contributed by atoms with E-state index in [4.69, 9.17) is 0 Å². The van der Waals surface area contributed by atoms with E-state index in [-0.39, 0.29) is 5.91 Å². The summed E-state index contributed by atoms with van der Waals surface area (Å²) in [5.74, 6) is 0.170. The van der Waals surface area contributed by atoms with E-state index in [1.807, 2.05) is 24.9 Å². The molecule has 3 rings (SSSR count). The predicted octanol–water partition coefficient (Wildman–Crippen LogP) is 2.01. The number of benzene rings is 1. The van der Waals surface area contributed by atoms with Gasteiger partial charge in [-0.15, -0.1) is 0 Å². The van der Waals surface area contributed by atoms with Crippen molar-refractivity contribution in [3.05, 3.63) is 54.6 Å². The Hall–Kier alpha value is -2.14. The first kappa shape index (κ1) is 16.7. The van der Waals surface area contributed by atoms with Gasteiger partial charge in [0.1, 0.15) is 5.54 Å².